The normalized spacial score (nSPS) is 11.7. The first-order valence-corrected chi connectivity index (χ1v) is 8.81. The Hall–Kier alpha value is -3.11. The number of benzene rings is 2. The van der Waals surface area contributed by atoms with E-state index in [1.54, 1.807) is 22.8 Å². The van der Waals surface area contributed by atoms with E-state index < -0.39 is 27.1 Å². The molecule has 1 amide bonds. The minimum absolute atomic E-state index is 0.228. The van der Waals surface area contributed by atoms with Gasteiger partial charge in [0.05, 0.1) is 31.7 Å². The van der Waals surface area contributed by atoms with Crippen LogP contribution in [0.2, 0.25) is 5.02 Å². The molecule has 0 atom stereocenters. The number of nitrogens with zero attached hydrogens (tertiary/aromatic N) is 4. The number of thiazole rings is 1. The van der Waals surface area contributed by atoms with Gasteiger partial charge in [0.2, 0.25) is 0 Å². The van der Waals surface area contributed by atoms with Gasteiger partial charge in [-0.3, -0.25) is 25.0 Å². The average molecular weight is 407 g/mol. The second-order valence-corrected chi connectivity index (χ2v) is 6.86. The number of hydrogen-bond acceptors (Lipinski definition) is 6. The zero-order valence-corrected chi connectivity index (χ0v) is 15.4. The van der Waals surface area contributed by atoms with Gasteiger partial charge in [0.25, 0.3) is 17.3 Å². The fourth-order valence-electron chi connectivity index (χ4n) is 2.52. The van der Waals surface area contributed by atoms with Crippen LogP contribution in [0.1, 0.15) is 17.3 Å². The molecule has 0 saturated carbocycles. The fourth-order valence-corrected chi connectivity index (χ4v) is 3.89. The second kappa shape index (κ2) is 7.25. The minimum atomic E-state index is -0.804. The topological polar surface area (TPSA) is 121 Å². The van der Waals surface area contributed by atoms with Gasteiger partial charge < -0.3 is 4.57 Å². The highest BCUT2D eigenvalue weighted by molar-refractivity contribution is 7.16. The van der Waals surface area contributed by atoms with Crippen LogP contribution in [0.5, 0.6) is 0 Å². The first-order chi connectivity index (χ1) is 12.8. The number of nitro benzene ring substituents is 2. The molecule has 0 aliphatic carbocycles. The van der Waals surface area contributed by atoms with E-state index in [0.717, 1.165) is 28.4 Å². The fraction of sp³-hybridized carbons (Fsp3) is 0.125. The molecular formula is C16H11ClN4O5S. The monoisotopic (exact) mass is 406 g/mol. The molecule has 0 N–H and O–H groups in total. The van der Waals surface area contributed by atoms with Gasteiger partial charge in [-0.2, -0.15) is 4.99 Å². The number of nitro groups is 2. The van der Waals surface area contributed by atoms with Crippen LogP contribution < -0.4 is 4.80 Å². The van der Waals surface area contributed by atoms with Crippen LogP contribution in [0.4, 0.5) is 11.4 Å². The van der Waals surface area contributed by atoms with E-state index in [1.807, 2.05) is 6.92 Å². The van der Waals surface area contributed by atoms with E-state index in [1.165, 1.54) is 11.3 Å². The molecule has 2 aromatic carbocycles. The van der Waals surface area contributed by atoms with Crippen molar-refractivity contribution >= 4 is 50.4 Å². The number of carbonyl (C=O) groups excluding carboxylic acids is 1. The Morgan fingerprint density at radius 2 is 1.78 bits per heavy atom. The minimum Gasteiger partial charge on any atom is -0.317 e. The van der Waals surface area contributed by atoms with Crippen LogP contribution in [0.3, 0.4) is 0 Å². The molecule has 9 nitrogen and oxygen atoms in total. The largest absolute Gasteiger partial charge is 0.317 e. The van der Waals surface area contributed by atoms with Gasteiger partial charge in [0.1, 0.15) is 0 Å². The molecule has 0 unspecified atom stereocenters. The van der Waals surface area contributed by atoms with Crippen molar-refractivity contribution in [2.45, 2.75) is 13.5 Å². The van der Waals surface area contributed by atoms with E-state index >= 15 is 0 Å². The maximum atomic E-state index is 12.5. The van der Waals surface area contributed by atoms with Crippen molar-refractivity contribution < 1.29 is 14.6 Å². The lowest BCUT2D eigenvalue weighted by molar-refractivity contribution is -0.394. The number of halogens is 1. The van der Waals surface area contributed by atoms with Crippen molar-refractivity contribution in [1.82, 2.24) is 4.57 Å². The van der Waals surface area contributed by atoms with E-state index in [9.17, 15) is 25.0 Å². The lowest BCUT2D eigenvalue weighted by Crippen LogP contribution is -2.16. The molecule has 3 aromatic rings. The highest BCUT2D eigenvalue weighted by Gasteiger charge is 2.20. The van der Waals surface area contributed by atoms with E-state index in [2.05, 4.69) is 4.99 Å². The van der Waals surface area contributed by atoms with Crippen molar-refractivity contribution in [3.8, 4) is 0 Å². The smallest absolute Gasteiger partial charge is 0.280 e. The molecular weight excluding hydrogens is 396 g/mol. The number of carbonyl (C=O) groups is 1. The zero-order chi connectivity index (χ0) is 19.7. The SMILES string of the molecule is CCn1c(=NC(=O)c2cc([N+](=O)[O-])cc([N+](=O)[O-])c2)sc2cc(Cl)ccc21. The highest BCUT2D eigenvalue weighted by Crippen LogP contribution is 2.24. The van der Waals surface area contributed by atoms with Crippen molar-refractivity contribution in [3.63, 3.8) is 0 Å². The van der Waals surface area contributed by atoms with Crippen molar-refractivity contribution in [2.75, 3.05) is 0 Å². The third-order valence-electron chi connectivity index (χ3n) is 3.73. The Morgan fingerprint density at radius 3 is 2.33 bits per heavy atom. The highest BCUT2D eigenvalue weighted by atomic mass is 35.5. The summed E-state index contributed by atoms with van der Waals surface area (Å²) in [5, 5.41) is 22.5. The summed E-state index contributed by atoms with van der Waals surface area (Å²) < 4.78 is 2.61. The molecule has 0 radical (unpaired) electrons. The van der Waals surface area contributed by atoms with Crippen molar-refractivity contribution in [3.05, 3.63) is 72.0 Å². The molecule has 11 heteroatoms. The molecule has 0 aliphatic heterocycles. The summed E-state index contributed by atoms with van der Waals surface area (Å²) in [6.07, 6.45) is 0. The number of rotatable bonds is 4. The average Bonchev–Trinajstić information content (AvgIpc) is 2.96. The zero-order valence-electron chi connectivity index (χ0n) is 13.8. The van der Waals surface area contributed by atoms with Crippen LogP contribution in [0.15, 0.2) is 41.4 Å². The van der Waals surface area contributed by atoms with Crippen LogP contribution in [0, 0.1) is 20.2 Å². The van der Waals surface area contributed by atoms with Gasteiger partial charge in [-0.15, -0.1) is 0 Å². The quantitative estimate of drug-likeness (QED) is 0.480. The third kappa shape index (κ3) is 3.71. The summed E-state index contributed by atoms with van der Waals surface area (Å²) in [5.41, 5.74) is -0.485. The summed E-state index contributed by atoms with van der Waals surface area (Å²) in [5.74, 6) is -0.804. The van der Waals surface area contributed by atoms with Gasteiger partial charge in [-0.1, -0.05) is 22.9 Å². The molecule has 27 heavy (non-hydrogen) atoms. The Morgan fingerprint density at radius 1 is 1.15 bits per heavy atom. The number of hydrogen-bond donors (Lipinski definition) is 0. The third-order valence-corrected chi connectivity index (χ3v) is 5.01. The summed E-state index contributed by atoms with van der Waals surface area (Å²) >= 11 is 7.22. The standard InChI is InChI=1S/C16H11ClN4O5S/c1-2-19-13-4-3-10(17)7-14(13)27-16(19)18-15(22)9-5-11(20(23)24)8-12(6-9)21(25)26/h3-8H,2H2,1H3. The molecule has 0 spiro atoms. The number of aryl methyl sites for hydroxylation is 1. The molecule has 3 rings (SSSR count). The molecule has 1 heterocycles. The van der Waals surface area contributed by atoms with Gasteiger partial charge in [-0.25, -0.2) is 0 Å². The lowest BCUT2D eigenvalue weighted by atomic mass is 10.1. The molecule has 0 fully saturated rings. The Kier molecular flexibility index (Phi) is 5.02. The van der Waals surface area contributed by atoms with Crippen LogP contribution in [-0.4, -0.2) is 20.3 Å². The molecule has 138 valence electrons. The maximum absolute atomic E-state index is 12.5. The van der Waals surface area contributed by atoms with Crippen LogP contribution in [0.25, 0.3) is 10.2 Å². The van der Waals surface area contributed by atoms with Gasteiger partial charge in [0, 0.05) is 23.7 Å². The van der Waals surface area contributed by atoms with E-state index in [0.29, 0.717) is 16.4 Å². The number of aromatic nitrogens is 1. The first kappa shape index (κ1) is 18.7. The first-order valence-electron chi connectivity index (χ1n) is 7.62. The van der Waals surface area contributed by atoms with Gasteiger partial charge >= 0.3 is 0 Å². The Labute approximate surface area is 160 Å². The Balaban J connectivity index is 2.16. The van der Waals surface area contributed by atoms with E-state index in [-0.39, 0.29) is 5.56 Å². The predicted octanol–water partition coefficient (Wildman–Crippen LogP) is 3.93. The molecule has 0 saturated heterocycles. The van der Waals surface area contributed by atoms with Crippen LogP contribution in [-0.2, 0) is 6.54 Å². The second-order valence-electron chi connectivity index (χ2n) is 5.41. The van der Waals surface area contributed by atoms with Crippen molar-refractivity contribution in [1.29, 1.82) is 0 Å². The number of amides is 1. The van der Waals surface area contributed by atoms with Gasteiger partial charge in [0.15, 0.2) is 4.80 Å². The summed E-state index contributed by atoms with van der Waals surface area (Å²) in [6.45, 7) is 2.41. The van der Waals surface area contributed by atoms with E-state index in [4.69, 9.17) is 11.6 Å². The summed E-state index contributed by atoms with van der Waals surface area (Å²) in [7, 11) is 0. The van der Waals surface area contributed by atoms with Crippen molar-refractivity contribution in [2.24, 2.45) is 4.99 Å². The van der Waals surface area contributed by atoms with Crippen LogP contribution >= 0.6 is 22.9 Å². The predicted molar refractivity (Wildman–Crippen MR) is 100 cm³/mol. The summed E-state index contributed by atoms with van der Waals surface area (Å²) in [6, 6.07) is 8.01. The molecule has 0 aliphatic rings. The van der Waals surface area contributed by atoms with Gasteiger partial charge in [-0.05, 0) is 25.1 Å². The number of non-ortho nitro benzene ring substituents is 2. The number of fused-ring (bicyclic) bond motifs is 1. The Bertz CT molecular complexity index is 1140. The maximum Gasteiger partial charge on any atom is 0.280 e. The molecule has 0 bridgehead atoms. The lowest BCUT2D eigenvalue weighted by Gasteiger charge is -2.00. The summed E-state index contributed by atoms with van der Waals surface area (Å²) in [4.78, 5) is 37.3. The molecule has 1 aromatic heterocycles.